The smallest absolute Gasteiger partial charge is 0.255 e. The normalized spacial score (nSPS) is 19.7. The van der Waals surface area contributed by atoms with Crippen LogP contribution in [0.3, 0.4) is 0 Å². The second kappa shape index (κ2) is 5.91. The van der Waals surface area contributed by atoms with E-state index in [0.29, 0.717) is 23.7 Å². The third kappa shape index (κ3) is 2.74. The average Bonchev–Trinajstić information content (AvgIpc) is 3.15. The number of likely N-dealkylation sites (tertiary alicyclic amines) is 1. The summed E-state index contributed by atoms with van der Waals surface area (Å²) in [4.78, 5) is 18.7. The lowest BCUT2D eigenvalue weighted by molar-refractivity contribution is 0.0792. The van der Waals surface area contributed by atoms with Gasteiger partial charge in [-0.25, -0.2) is 4.98 Å². The maximum atomic E-state index is 12.4. The van der Waals surface area contributed by atoms with Crippen molar-refractivity contribution in [1.82, 2.24) is 9.88 Å². The molecule has 2 aromatic rings. The van der Waals surface area contributed by atoms with Crippen molar-refractivity contribution >= 4 is 11.7 Å². The van der Waals surface area contributed by atoms with Gasteiger partial charge in [0.1, 0.15) is 6.61 Å². The molecule has 1 aromatic carbocycles. The molecule has 5 heteroatoms. The van der Waals surface area contributed by atoms with E-state index >= 15 is 0 Å². The number of aromatic nitrogens is 1. The minimum absolute atomic E-state index is 0.0478. The monoisotopic (exact) mass is 309 g/mol. The molecule has 0 unspecified atom stereocenters. The van der Waals surface area contributed by atoms with E-state index in [-0.39, 0.29) is 11.9 Å². The Balaban J connectivity index is 1.54. The first-order chi connectivity index (χ1) is 11.3. The van der Waals surface area contributed by atoms with Crippen molar-refractivity contribution in [2.24, 2.45) is 0 Å². The van der Waals surface area contributed by atoms with Crippen LogP contribution < -0.4 is 10.1 Å². The first kappa shape index (κ1) is 14.1. The van der Waals surface area contributed by atoms with Gasteiger partial charge in [-0.15, -0.1) is 0 Å². The molecule has 2 aliphatic heterocycles. The molecule has 0 radical (unpaired) electrons. The number of carbonyl (C=O) groups is 1. The number of ether oxygens (including phenoxy) is 1. The fraction of sp³-hybridized carbons (Fsp3) is 0.333. The van der Waals surface area contributed by atoms with Crippen LogP contribution in [0.25, 0.3) is 0 Å². The van der Waals surface area contributed by atoms with Gasteiger partial charge in [0.15, 0.2) is 11.6 Å². The summed E-state index contributed by atoms with van der Waals surface area (Å²) in [7, 11) is 0. The van der Waals surface area contributed by atoms with Gasteiger partial charge in [0.25, 0.3) is 5.91 Å². The van der Waals surface area contributed by atoms with E-state index in [1.807, 2.05) is 23.1 Å². The maximum Gasteiger partial charge on any atom is 0.255 e. The second-order valence-electron chi connectivity index (χ2n) is 5.99. The predicted octanol–water partition coefficient (Wildman–Crippen LogP) is 2.86. The molecule has 1 atom stereocenters. The highest BCUT2D eigenvalue weighted by Crippen LogP contribution is 2.32. The molecule has 1 N–H and O–H groups in total. The van der Waals surface area contributed by atoms with Gasteiger partial charge in [0, 0.05) is 19.3 Å². The molecular formula is C18H19N3O2. The number of nitrogens with one attached hydrogen (secondary N) is 1. The van der Waals surface area contributed by atoms with E-state index in [1.54, 1.807) is 12.3 Å². The number of rotatable bonds is 2. The number of hydrogen-bond acceptors (Lipinski definition) is 4. The summed E-state index contributed by atoms with van der Waals surface area (Å²) >= 11 is 0. The first-order valence-electron chi connectivity index (χ1n) is 8.05. The molecule has 4 rings (SSSR count). The van der Waals surface area contributed by atoms with E-state index in [2.05, 4.69) is 22.4 Å². The summed E-state index contributed by atoms with van der Waals surface area (Å²) < 4.78 is 5.85. The molecule has 1 amide bonds. The number of hydrogen-bond donors (Lipinski definition) is 1. The van der Waals surface area contributed by atoms with Gasteiger partial charge < -0.3 is 15.0 Å². The van der Waals surface area contributed by atoms with Crippen LogP contribution in [0.2, 0.25) is 0 Å². The molecule has 118 valence electrons. The number of nitrogens with zero attached hydrogens (tertiary/aromatic N) is 2. The summed E-state index contributed by atoms with van der Waals surface area (Å²) in [6, 6.07) is 12.0. The van der Waals surface area contributed by atoms with E-state index in [0.717, 1.165) is 31.5 Å². The van der Waals surface area contributed by atoms with Gasteiger partial charge in [-0.2, -0.15) is 0 Å². The third-order valence-corrected chi connectivity index (χ3v) is 4.41. The van der Waals surface area contributed by atoms with Gasteiger partial charge in [-0.3, -0.25) is 4.79 Å². The van der Waals surface area contributed by atoms with Crippen molar-refractivity contribution in [2.45, 2.75) is 18.9 Å². The maximum absolute atomic E-state index is 12.4. The van der Waals surface area contributed by atoms with Gasteiger partial charge in [-0.1, -0.05) is 30.3 Å². The molecule has 1 saturated heterocycles. The van der Waals surface area contributed by atoms with E-state index < -0.39 is 0 Å². The topological polar surface area (TPSA) is 54.5 Å². The van der Waals surface area contributed by atoms with Crippen LogP contribution in [0.4, 0.5) is 5.82 Å². The largest absolute Gasteiger partial charge is 0.487 e. The highest BCUT2D eigenvalue weighted by molar-refractivity contribution is 5.95. The predicted molar refractivity (Wildman–Crippen MR) is 87.7 cm³/mol. The van der Waals surface area contributed by atoms with Crippen molar-refractivity contribution in [3.63, 3.8) is 0 Å². The lowest BCUT2D eigenvalue weighted by Crippen LogP contribution is -2.29. The summed E-state index contributed by atoms with van der Waals surface area (Å²) in [5.74, 6) is 1.40. The van der Waals surface area contributed by atoms with Crippen molar-refractivity contribution in [3.05, 3.63) is 53.7 Å². The zero-order chi connectivity index (χ0) is 15.6. The molecule has 0 aliphatic carbocycles. The van der Waals surface area contributed by atoms with Crippen molar-refractivity contribution in [1.29, 1.82) is 0 Å². The first-order valence-corrected chi connectivity index (χ1v) is 8.05. The number of carbonyl (C=O) groups excluding carboxylic acids is 1. The average molecular weight is 309 g/mol. The Morgan fingerprint density at radius 2 is 2.00 bits per heavy atom. The molecule has 0 spiro atoms. The number of anilines is 1. The standard InChI is InChI=1S/C18H19N3O2/c22-18(21-8-4-5-9-21)14-10-16-17(19-11-14)20-15(12-23-16)13-6-2-1-3-7-13/h1-3,6-7,10-11,15H,4-5,8-9,12H2,(H,19,20)/t15-/m1/s1. The minimum atomic E-state index is 0.0478. The van der Waals surface area contributed by atoms with Gasteiger partial charge in [0.2, 0.25) is 0 Å². The number of pyridine rings is 1. The van der Waals surface area contributed by atoms with Crippen LogP contribution in [-0.2, 0) is 0 Å². The molecule has 0 bridgehead atoms. The van der Waals surface area contributed by atoms with E-state index in [9.17, 15) is 4.79 Å². The van der Waals surface area contributed by atoms with Crippen LogP contribution in [-0.4, -0.2) is 35.5 Å². The molecule has 3 heterocycles. The Morgan fingerprint density at radius 1 is 1.22 bits per heavy atom. The summed E-state index contributed by atoms with van der Waals surface area (Å²) in [5.41, 5.74) is 1.77. The number of amides is 1. The van der Waals surface area contributed by atoms with Crippen LogP contribution in [0.1, 0.15) is 34.8 Å². The Hall–Kier alpha value is -2.56. The van der Waals surface area contributed by atoms with Gasteiger partial charge in [-0.05, 0) is 24.5 Å². The Kier molecular flexibility index (Phi) is 3.61. The quantitative estimate of drug-likeness (QED) is 0.927. The Morgan fingerprint density at radius 3 is 2.78 bits per heavy atom. The summed E-state index contributed by atoms with van der Waals surface area (Å²) in [5, 5.41) is 3.39. The van der Waals surface area contributed by atoms with Crippen LogP contribution in [0.5, 0.6) is 5.75 Å². The SMILES string of the molecule is O=C(c1cnc2c(c1)OC[C@H](c1ccccc1)N2)N1CCCC1. The van der Waals surface area contributed by atoms with E-state index in [1.165, 1.54) is 0 Å². The minimum Gasteiger partial charge on any atom is -0.487 e. The fourth-order valence-electron chi connectivity index (χ4n) is 3.13. The highest BCUT2D eigenvalue weighted by atomic mass is 16.5. The van der Waals surface area contributed by atoms with Crippen LogP contribution in [0.15, 0.2) is 42.6 Å². The zero-order valence-corrected chi connectivity index (χ0v) is 12.9. The van der Waals surface area contributed by atoms with Gasteiger partial charge >= 0.3 is 0 Å². The lowest BCUT2D eigenvalue weighted by atomic mass is 10.1. The highest BCUT2D eigenvalue weighted by Gasteiger charge is 2.25. The molecule has 1 fully saturated rings. The molecule has 5 nitrogen and oxygen atoms in total. The zero-order valence-electron chi connectivity index (χ0n) is 12.9. The van der Waals surface area contributed by atoms with Crippen LogP contribution >= 0.6 is 0 Å². The molecule has 2 aliphatic rings. The van der Waals surface area contributed by atoms with Crippen molar-refractivity contribution in [2.75, 3.05) is 25.0 Å². The lowest BCUT2D eigenvalue weighted by Gasteiger charge is -2.27. The summed E-state index contributed by atoms with van der Waals surface area (Å²) in [6.45, 7) is 2.20. The molecule has 23 heavy (non-hydrogen) atoms. The second-order valence-corrected chi connectivity index (χ2v) is 5.99. The van der Waals surface area contributed by atoms with Crippen LogP contribution in [0, 0.1) is 0 Å². The fourth-order valence-corrected chi connectivity index (χ4v) is 3.13. The molecular weight excluding hydrogens is 290 g/mol. The number of benzene rings is 1. The summed E-state index contributed by atoms with van der Waals surface area (Å²) in [6.07, 6.45) is 3.81. The Labute approximate surface area is 135 Å². The Bertz CT molecular complexity index is 711. The third-order valence-electron chi connectivity index (χ3n) is 4.41. The number of fused-ring (bicyclic) bond motifs is 1. The molecule has 0 saturated carbocycles. The van der Waals surface area contributed by atoms with Gasteiger partial charge in [0.05, 0.1) is 11.6 Å². The van der Waals surface area contributed by atoms with Crippen molar-refractivity contribution in [3.8, 4) is 5.75 Å². The van der Waals surface area contributed by atoms with Crippen molar-refractivity contribution < 1.29 is 9.53 Å². The molecule has 1 aromatic heterocycles. The van der Waals surface area contributed by atoms with E-state index in [4.69, 9.17) is 4.74 Å².